The number of aryl methyl sites for hydroxylation is 1. The second-order valence-electron chi connectivity index (χ2n) is 5.78. The second-order valence-corrected chi connectivity index (χ2v) is 8.28. The fourth-order valence-electron chi connectivity index (χ4n) is 3.23. The van der Waals surface area contributed by atoms with Gasteiger partial charge in [-0.1, -0.05) is 0 Å². The molecule has 1 aromatic heterocycles. The number of carbonyl (C=O) groups excluding carboxylic acids is 1. The molecule has 3 rings (SSSR count). The van der Waals surface area contributed by atoms with Gasteiger partial charge < -0.3 is 4.90 Å². The van der Waals surface area contributed by atoms with Gasteiger partial charge in [-0.3, -0.25) is 4.79 Å². The minimum absolute atomic E-state index is 0.0105. The van der Waals surface area contributed by atoms with Gasteiger partial charge in [0.25, 0.3) is 0 Å². The van der Waals surface area contributed by atoms with Gasteiger partial charge in [-0.2, -0.15) is 13.7 Å². The fraction of sp³-hybridized carbons (Fsp3) is 0.571. The van der Waals surface area contributed by atoms with Crippen molar-refractivity contribution in [1.29, 1.82) is 5.26 Å². The largest absolute Gasteiger partial charge is 0.302 e. The highest BCUT2D eigenvalue weighted by Gasteiger charge is 2.36. The van der Waals surface area contributed by atoms with Gasteiger partial charge in [0.1, 0.15) is 11.1 Å². The van der Waals surface area contributed by atoms with Crippen LogP contribution in [0.5, 0.6) is 0 Å². The molecule has 2 heterocycles. The van der Waals surface area contributed by atoms with Gasteiger partial charge in [-0.05, 0) is 31.2 Å². The van der Waals surface area contributed by atoms with Crippen LogP contribution in [0.25, 0.3) is 0 Å². The molecule has 0 N–H and O–H groups in total. The molecule has 1 saturated heterocycles. The van der Waals surface area contributed by atoms with Crippen molar-refractivity contribution in [2.24, 2.45) is 5.92 Å². The first-order valence-corrected chi connectivity index (χ1v) is 9.53. The molecule has 1 aromatic rings. The zero-order valence-corrected chi connectivity index (χ0v) is 13.5. The van der Waals surface area contributed by atoms with Crippen molar-refractivity contribution in [3.05, 3.63) is 16.0 Å². The molecule has 0 aromatic carbocycles. The first kappa shape index (κ1) is 15.4. The highest BCUT2D eigenvalue weighted by molar-refractivity contribution is 7.86. The molecule has 5 nitrogen and oxygen atoms in total. The number of fused-ring (bicyclic) bond motifs is 1. The summed E-state index contributed by atoms with van der Waals surface area (Å²) in [4.78, 5) is 14.8. The normalized spacial score (nSPS) is 21.7. The van der Waals surface area contributed by atoms with E-state index in [1.165, 1.54) is 16.2 Å². The van der Waals surface area contributed by atoms with Gasteiger partial charge in [0, 0.05) is 23.8 Å². The molecule has 1 amide bonds. The standard InChI is InChI=1S/C14H15FN2O3S2/c15-22(19,20)8-9-5-13(18)17(7-9)14-11(6-16)10-3-1-2-4-12(10)21-14/h9H,1-5,7-8H2. The van der Waals surface area contributed by atoms with Crippen LogP contribution in [0.1, 0.15) is 35.3 Å². The molecule has 1 unspecified atom stereocenters. The topological polar surface area (TPSA) is 78.2 Å². The van der Waals surface area contributed by atoms with Crippen molar-refractivity contribution < 1.29 is 17.1 Å². The molecule has 22 heavy (non-hydrogen) atoms. The quantitative estimate of drug-likeness (QED) is 0.789. The number of thiophene rings is 1. The van der Waals surface area contributed by atoms with Gasteiger partial charge >= 0.3 is 10.2 Å². The lowest BCUT2D eigenvalue weighted by Gasteiger charge is -2.15. The number of hydrogen-bond donors (Lipinski definition) is 0. The predicted octanol–water partition coefficient (Wildman–Crippen LogP) is 2.15. The van der Waals surface area contributed by atoms with Crippen LogP contribution >= 0.6 is 11.3 Å². The van der Waals surface area contributed by atoms with Crippen LogP contribution in [0.15, 0.2) is 0 Å². The Hall–Kier alpha value is -1.46. The lowest BCUT2D eigenvalue weighted by atomic mass is 9.96. The van der Waals surface area contributed by atoms with Crippen molar-refractivity contribution >= 4 is 32.5 Å². The van der Waals surface area contributed by atoms with E-state index in [4.69, 9.17) is 0 Å². The molecule has 0 spiro atoms. The number of nitrogens with zero attached hydrogens (tertiary/aromatic N) is 2. The summed E-state index contributed by atoms with van der Waals surface area (Å²) in [6, 6.07) is 2.19. The van der Waals surface area contributed by atoms with Crippen LogP contribution in [-0.2, 0) is 27.9 Å². The summed E-state index contributed by atoms with van der Waals surface area (Å²) >= 11 is 1.45. The van der Waals surface area contributed by atoms with Crippen LogP contribution in [0, 0.1) is 17.2 Å². The highest BCUT2D eigenvalue weighted by atomic mass is 32.3. The van der Waals surface area contributed by atoms with E-state index in [1.807, 2.05) is 0 Å². The van der Waals surface area contributed by atoms with Crippen LogP contribution in [-0.4, -0.2) is 26.6 Å². The number of anilines is 1. The molecule has 1 aliphatic carbocycles. The molecule has 118 valence electrons. The molecular formula is C14H15FN2O3S2. The van der Waals surface area contributed by atoms with Crippen LogP contribution in [0.2, 0.25) is 0 Å². The van der Waals surface area contributed by atoms with E-state index in [9.17, 15) is 22.4 Å². The Bertz CT molecular complexity index is 764. The van der Waals surface area contributed by atoms with E-state index in [1.54, 1.807) is 0 Å². The summed E-state index contributed by atoms with van der Waals surface area (Å²) in [5.74, 6) is -1.42. The van der Waals surface area contributed by atoms with Crippen molar-refractivity contribution in [3.8, 4) is 6.07 Å². The summed E-state index contributed by atoms with van der Waals surface area (Å²) in [5.41, 5.74) is 1.57. The summed E-state index contributed by atoms with van der Waals surface area (Å²) in [6.45, 7) is 0.163. The highest BCUT2D eigenvalue weighted by Crippen LogP contribution is 2.41. The summed E-state index contributed by atoms with van der Waals surface area (Å²) in [7, 11) is -4.60. The Kier molecular flexibility index (Phi) is 3.95. The number of rotatable bonds is 3. The van der Waals surface area contributed by atoms with E-state index in [0.29, 0.717) is 10.6 Å². The van der Waals surface area contributed by atoms with Gasteiger partial charge in [0.2, 0.25) is 5.91 Å². The van der Waals surface area contributed by atoms with Crippen LogP contribution in [0.4, 0.5) is 8.89 Å². The molecule has 0 bridgehead atoms. The minimum Gasteiger partial charge on any atom is -0.302 e. The molecule has 1 atom stereocenters. The first-order valence-electron chi connectivity index (χ1n) is 7.16. The maximum Gasteiger partial charge on any atom is 0.302 e. The third-order valence-corrected chi connectivity index (χ3v) is 6.33. The second kappa shape index (κ2) is 5.63. The Morgan fingerprint density at radius 2 is 2.09 bits per heavy atom. The Labute approximate surface area is 132 Å². The lowest BCUT2D eigenvalue weighted by Crippen LogP contribution is -2.25. The number of amides is 1. The number of carbonyl (C=O) groups is 1. The number of hydrogen-bond acceptors (Lipinski definition) is 5. The Balaban J connectivity index is 1.90. The molecular weight excluding hydrogens is 327 g/mol. The third kappa shape index (κ3) is 2.88. The summed E-state index contributed by atoms with van der Waals surface area (Å²) in [6.07, 6.45) is 3.89. The Morgan fingerprint density at radius 1 is 1.36 bits per heavy atom. The lowest BCUT2D eigenvalue weighted by molar-refractivity contribution is -0.117. The smallest absolute Gasteiger partial charge is 0.302 e. The van der Waals surface area contributed by atoms with Crippen molar-refractivity contribution in [1.82, 2.24) is 0 Å². The van der Waals surface area contributed by atoms with Crippen molar-refractivity contribution in [2.75, 3.05) is 17.2 Å². The predicted molar refractivity (Wildman–Crippen MR) is 81.0 cm³/mol. The van der Waals surface area contributed by atoms with Crippen LogP contribution < -0.4 is 4.90 Å². The van der Waals surface area contributed by atoms with Gasteiger partial charge in [0.05, 0.1) is 11.3 Å². The van der Waals surface area contributed by atoms with E-state index in [2.05, 4.69) is 6.07 Å². The summed E-state index contributed by atoms with van der Waals surface area (Å²) < 4.78 is 34.4. The van der Waals surface area contributed by atoms with Gasteiger partial charge in [-0.15, -0.1) is 15.2 Å². The summed E-state index contributed by atoms with van der Waals surface area (Å²) in [5, 5.41) is 10.0. The molecule has 8 heteroatoms. The van der Waals surface area contributed by atoms with E-state index in [-0.39, 0.29) is 18.9 Å². The third-order valence-electron chi connectivity index (χ3n) is 4.15. The molecule has 2 aliphatic rings. The first-order chi connectivity index (χ1) is 10.4. The average Bonchev–Trinajstić information content (AvgIpc) is 2.96. The minimum atomic E-state index is -4.60. The average molecular weight is 342 g/mol. The molecule has 0 radical (unpaired) electrons. The molecule has 0 saturated carbocycles. The SMILES string of the molecule is N#Cc1c(N2CC(CS(=O)(=O)F)CC2=O)sc2c1CCCC2. The maximum atomic E-state index is 12.8. The maximum absolute atomic E-state index is 12.8. The van der Waals surface area contributed by atoms with Gasteiger partial charge in [0.15, 0.2) is 0 Å². The number of nitriles is 1. The number of halogens is 1. The van der Waals surface area contributed by atoms with E-state index in [0.717, 1.165) is 36.1 Å². The Morgan fingerprint density at radius 3 is 2.77 bits per heavy atom. The molecule has 1 fully saturated rings. The van der Waals surface area contributed by atoms with Crippen molar-refractivity contribution in [3.63, 3.8) is 0 Å². The monoisotopic (exact) mass is 342 g/mol. The zero-order chi connectivity index (χ0) is 15.9. The fourth-order valence-corrected chi connectivity index (χ4v) is 5.38. The zero-order valence-electron chi connectivity index (χ0n) is 11.8. The van der Waals surface area contributed by atoms with Crippen molar-refractivity contribution in [2.45, 2.75) is 32.1 Å². The molecule has 1 aliphatic heterocycles. The van der Waals surface area contributed by atoms with Crippen LogP contribution in [0.3, 0.4) is 0 Å². The van der Waals surface area contributed by atoms with Gasteiger partial charge in [-0.25, -0.2) is 0 Å². The van der Waals surface area contributed by atoms with E-state index >= 15 is 0 Å². The van der Waals surface area contributed by atoms with E-state index < -0.39 is 21.9 Å².